The summed E-state index contributed by atoms with van der Waals surface area (Å²) in [6.45, 7) is 1.18. The predicted octanol–water partition coefficient (Wildman–Crippen LogP) is 6.01. The van der Waals surface area contributed by atoms with Crippen LogP contribution in [0, 0.1) is 6.92 Å². The Labute approximate surface area is 184 Å². The van der Waals surface area contributed by atoms with Gasteiger partial charge in [0.2, 0.25) is 0 Å². The highest BCUT2D eigenvalue weighted by Crippen LogP contribution is 2.58. The van der Waals surface area contributed by atoms with Crippen LogP contribution in [-0.2, 0) is 14.4 Å². The zero-order valence-corrected chi connectivity index (χ0v) is 17.0. The maximum absolute atomic E-state index is 14.5. The first kappa shape index (κ1) is 30.6. The monoisotopic (exact) mass is 567 g/mol. The minimum Gasteiger partial charge on any atom is -0.261 e. The number of rotatable bonds is 9. The molecule has 0 atom stereocenters. The average Bonchev–Trinajstić information content (AvgIpc) is 2.67. The molecule has 1 aromatic rings. The van der Waals surface area contributed by atoms with Gasteiger partial charge in [-0.05, 0) is 6.92 Å². The Morgan fingerprint density at radius 3 is 1.57 bits per heavy atom. The number of oxime groups is 1. The zero-order valence-electron chi connectivity index (χ0n) is 16.1. The topological polar surface area (TPSA) is 55.7 Å². The summed E-state index contributed by atoms with van der Waals surface area (Å²) in [4.78, 5) is 0. The molecule has 35 heavy (non-hydrogen) atoms. The van der Waals surface area contributed by atoms with Gasteiger partial charge in [-0.3, -0.25) is 4.28 Å². The summed E-state index contributed by atoms with van der Waals surface area (Å²) < 4.78 is 223. The number of alkyl halides is 15. The van der Waals surface area contributed by atoms with Crippen molar-refractivity contribution in [3.63, 3.8) is 0 Å². The van der Waals surface area contributed by atoms with Gasteiger partial charge in [0.05, 0.1) is 0 Å². The molecule has 0 heterocycles. The van der Waals surface area contributed by atoms with Crippen molar-refractivity contribution < 1.29 is 78.6 Å². The normalized spacial score (nSPS) is 15.5. The first-order valence-corrected chi connectivity index (χ1v) is 9.52. The molecule has 0 spiro atoms. The summed E-state index contributed by atoms with van der Waals surface area (Å²) in [6, 6.07) is 1.78. The quantitative estimate of drug-likeness (QED) is 0.159. The van der Waals surface area contributed by atoms with E-state index in [1.807, 2.05) is 0 Å². The fourth-order valence-corrected chi connectivity index (χ4v) is 2.28. The molecule has 0 aliphatic carbocycles. The van der Waals surface area contributed by atoms with Gasteiger partial charge in [-0.1, -0.05) is 35.0 Å². The molecular formula is C15H8F15NO3S. The van der Waals surface area contributed by atoms with E-state index in [0.29, 0.717) is 12.1 Å². The van der Waals surface area contributed by atoms with Crippen molar-refractivity contribution in [2.24, 2.45) is 5.16 Å². The van der Waals surface area contributed by atoms with Gasteiger partial charge in [0.15, 0.2) is 5.71 Å². The molecule has 202 valence electrons. The second-order valence-electron chi connectivity index (χ2n) is 6.50. The van der Waals surface area contributed by atoms with Gasteiger partial charge in [-0.2, -0.15) is 65.5 Å². The molecule has 20 heteroatoms. The van der Waals surface area contributed by atoms with E-state index in [9.17, 15) is 74.3 Å². The molecular weight excluding hydrogens is 559 g/mol. The van der Waals surface area contributed by atoms with E-state index < -0.39 is 62.9 Å². The molecule has 1 rings (SSSR count). The van der Waals surface area contributed by atoms with Crippen molar-refractivity contribution in [2.45, 2.75) is 48.5 Å². The van der Waals surface area contributed by atoms with Crippen LogP contribution in [0.5, 0.6) is 0 Å². The second kappa shape index (κ2) is 8.91. The van der Waals surface area contributed by atoms with Crippen molar-refractivity contribution in [1.82, 2.24) is 0 Å². The maximum Gasteiger partial charge on any atom is 0.536 e. The van der Waals surface area contributed by atoms with Crippen molar-refractivity contribution in [3.05, 3.63) is 35.4 Å². The summed E-state index contributed by atoms with van der Waals surface area (Å²) in [6.07, 6.45) is -5.78. The Bertz CT molecular complexity index is 1050. The molecule has 0 saturated carbocycles. The van der Waals surface area contributed by atoms with Crippen LogP contribution >= 0.6 is 0 Å². The van der Waals surface area contributed by atoms with E-state index in [0.717, 1.165) is 0 Å². The summed E-state index contributed by atoms with van der Waals surface area (Å²) in [5, 5.41) is 1.56. The lowest BCUT2D eigenvalue weighted by Gasteiger charge is -2.39. The zero-order chi connectivity index (χ0) is 28.1. The van der Waals surface area contributed by atoms with Crippen molar-refractivity contribution in [1.29, 1.82) is 0 Å². The summed E-state index contributed by atoms with van der Waals surface area (Å²) in [5.41, 5.74) is -11.2. The number of benzene rings is 1. The Balaban J connectivity index is 3.85. The molecule has 0 saturated heterocycles. The smallest absolute Gasteiger partial charge is 0.261 e. The van der Waals surface area contributed by atoms with E-state index >= 15 is 0 Å². The third-order valence-corrected chi connectivity index (χ3v) is 4.85. The maximum atomic E-state index is 14.5. The van der Waals surface area contributed by atoms with Crippen LogP contribution < -0.4 is 0 Å². The molecule has 0 aliphatic rings. The molecule has 4 nitrogen and oxygen atoms in total. The highest BCUT2D eigenvalue weighted by Gasteiger charge is 2.88. The molecule has 0 aliphatic heterocycles. The third kappa shape index (κ3) is 4.97. The third-order valence-electron chi connectivity index (χ3n) is 4.01. The molecule has 0 radical (unpaired) electrons. The van der Waals surface area contributed by atoms with Crippen molar-refractivity contribution in [3.8, 4) is 0 Å². The first-order chi connectivity index (χ1) is 15.3. The minimum atomic E-state index is -8.04. The van der Waals surface area contributed by atoms with Crippen LogP contribution in [0.2, 0.25) is 0 Å². The average molecular weight is 567 g/mol. The largest absolute Gasteiger partial charge is 0.536 e. The number of nitrogens with zero attached hydrogens (tertiary/aromatic N) is 1. The molecule has 0 bridgehead atoms. The van der Waals surface area contributed by atoms with Crippen molar-refractivity contribution >= 4 is 15.8 Å². The lowest BCUT2D eigenvalue weighted by Crippen LogP contribution is -2.70. The second-order valence-corrected chi connectivity index (χ2v) is 8.02. The van der Waals surface area contributed by atoms with Gasteiger partial charge >= 0.3 is 51.7 Å². The van der Waals surface area contributed by atoms with Gasteiger partial charge in [0.25, 0.3) is 0 Å². The standard InChI is InChI=1S/C15H8F15NO3S/c1-6-2-4-7(5-3-6)8(31-34-35(32,33)15(28,29)30)10(18,19)12(22,23)14(26,27)13(24,25)11(20,21)9(16)17/h2-5,9H,1H3. The van der Waals surface area contributed by atoms with E-state index in [4.69, 9.17) is 0 Å². The van der Waals surface area contributed by atoms with Crippen LogP contribution in [-0.4, -0.2) is 55.7 Å². The Morgan fingerprint density at radius 1 is 0.771 bits per heavy atom. The van der Waals surface area contributed by atoms with Gasteiger partial charge in [0, 0.05) is 5.56 Å². The predicted molar refractivity (Wildman–Crippen MR) is 84.5 cm³/mol. The summed E-state index contributed by atoms with van der Waals surface area (Å²) in [7, 11) is -7.03. The highest BCUT2D eigenvalue weighted by atomic mass is 32.2. The van der Waals surface area contributed by atoms with Gasteiger partial charge < -0.3 is 0 Å². The van der Waals surface area contributed by atoms with E-state index in [2.05, 4.69) is 4.28 Å². The molecule has 0 unspecified atom stereocenters. The molecule has 0 fully saturated rings. The SMILES string of the molecule is Cc1ccc(C(=NOS(=O)(=O)C(F)(F)F)C(F)(F)C(F)(F)C(F)(F)C(F)(F)C(F)(F)C(F)F)cc1. The molecule has 0 N–H and O–H groups in total. The first-order valence-electron chi connectivity index (χ1n) is 8.11. The number of hydrogen-bond acceptors (Lipinski definition) is 4. The summed E-state index contributed by atoms with van der Waals surface area (Å²) in [5.74, 6) is -38.1. The molecule has 1 aromatic carbocycles. The van der Waals surface area contributed by atoms with Crippen LogP contribution in [0.25, 0.3) is 0 Å². The van der Waals surface area contributed by atoms with Crippen LogP contribution in [0.4, 0.5) is 65.9 Å². The summed E-state index contributed by atoms with van der Waals surface area (Å²) >= 11 is 0. The van der Waals surface area contributed by atoms with Crippen LogP contribution in [0.1, 0.15) is 11.1 Å². The van der Waals surface area contributed by atoms with E-state index in [1.165, 1.54) is 6.92 Å². The fourth-order valence-electron chi connectivity index (χ4n) is 2.02. The van der Waals surface area contributed by atoms with Crippen LogP contribution in [0.15, 0.2) is 29.4 Å². The van der Waals surface area contributed by atoms with E-state index in [1.54, 1.807) is 5.16 Å². The number of hydrogen-bond donors (Lipinski definition) is 0. The lowest BCUT2D eigenvalue weighted by molar-refractivity contribution is -0.404. The van der Waals surface area contributed by atoms with Gasteiger partial charge in [-0.25, -0.2) is 8.78 Å². The minimum absolute atomic E-state index is 0.0699. The Kier molecular flexibility index (Phi) is 7.80. The molecule has 0 aromatic heterocycles. The Hall–Kier alpha value is -2.41. The van der Waals surface area contributed by atoms with Gasteiger partial charge in [0.1, 0.15) is 0 Å². The Morgan fingerprint density at radius 2 is 1.20 bits per heavy atom. The fraction of sp³-hybridized carbons (Fsp3) is 0.533. The molecule has 0 amide bonds. The number of aryl methyl sites for hydroxylation is 1. The van der Waals surface area contributed by atoms with E-state index in [-0.39, 0.29) is 17.7 Å². The van der Waals surface area contributed by atoms with Gasteiger partial charge in [-0.15, -0.1) is 0 Å². The van der Waals surface area contributed by atoms with Crippen molar-refractivity contribution in [2.75, 3.05) is 0 Å². The lowest BCUT2D eigenvalue weighted by atomic mass is 9.90. The van der Waals surface area contributed by atoms with Crippen LogP contribution in [0.3, 0.4) is 0 Å². The highest BCUT2D eigenvalue weighted by molar-refractivity contribution is 7.87. The number of halogens is 15.